The number of nitrogens with one attached hydrogen (secondary N) is 1. The Labute approximate surface area is 155 Å². The molecule has 0 amide bonds. The number of hydrogen-bond donors (Lipinski definition) is 1. The van der Waals surface area contributed by atoms with Crippen molar-refractivity contribution in [2.24, 2.45) is 0 Å². The van der Waals surface area contributed by atoms with Crippen LogP contribution in [0, 0.1) is 0 Å². The molecule has 0 aromatic heterocycles. The molecule has 148 valence electrons. The molecule has 2 atom stereocenters. The highest BCUT2D eigenvalue weighted by atomic mass is 32.2. The van der Waals surface area contributed by atoms with Crippen molar-refractivity contribution in [1.29, 1.82) is 0 Å². The summed E-state index contributed by atoms with van der Waals surface area (Å²) in [7, 11) is -2.07. The lowest BCUT2D eigenvalue weighted by Gasteiger charge is -2.38. The van der Waals surface area contributed by atoms with E-state index in [0.717, 1.165) is 0 Å². The van der Waals surface area contributed by atoms with Gasteiger partial charge >= 0.3 is 12.1 Å². The molecule has 0 fully saturated rings. The van der Waals surface area contributed by atoms with Crippen molar-refractivity contribution in [2.45, 2.75) is 70.0 Å². The second kappa shape index (κ2) is 7.68. The maximum Gasteiger partial charge on any atom is 0.412 e. The second-order valence-electron chi connectivity index (χ2n) is 8.02. The first-order chi connectivity index (χ1) is 11.6. The topological polar surface area (TPSA) is 55.4 Å². The zero-order valence-corrected chi connectivity index (χ0v) is 16.7. The van der Waals surface area contributed by atoms with Gasteiger partial charge in [0.15, 0.2) is 5.54 Å². The number of esters is 1. The Bertz CT molecular complexity index is 648. The number of rotatable bonds is 5. The normalized spacial score (nSPS) is 16.7. The minimum Gasteiger partial charge on any atom is -0.460 e. The molecule has 0 aliphatic rings. The zero-order chi connectivity index (χ0) is 20.4. The molecule has 0 spiro atoms. The highest BCUT2D eigenvalue weighted by Crippen LogP contribution is 2.43. The molecule has 0 radical (unpaired) electrons. The number of benzene rings is 1. The summed E-state index contributed by atoms with van der Waals surface area (Å²) < 4.78 is 61.4. The zero-order valence-electron chi connectivity index (χ0n) is 15.9. The van der Waals surface area contributed by atoms with Gasteiger partial charge < -0.3 is 4.74 Å². The number of carbonyl (C=O) groups is 1. The summed E-state index contributed by atoms with van der Waals surface area (Å²) in [5, 5.41) is 0. The van der Waals surface area contributed by atoms with E-state index < -0.39 is 45.4 Å². The average Bonchev–Trinajstić information content (AvgIpc) is 2.43. The Morgan fingerprint density at radius 3 is 1.92 bits per heavy atom. The summed E-state index contributed by atoms with van der Waals surface area (Å²) in [6.07, 6.45) is -5.91. The van der Waals surface area contributed by atoms with Crippen molar-refractivity contribution in [3.8, 4) is 0 Å². The largest absolute Gasteiger partial charge is 0.460 e. The Hall–Kier alpha value is -1.41. The molecule has 0 saturated carbocycles. The molecule has 0 aliphatic heterocycles. The minimum absolute atomic E-state index is 0.198. The predicted molar refractivity (Wildman–Crippen MR) is 95.7 cm³/mol. The van der Waals surface area contributed by atoms with E-state index in [4.69, 9.17) is 4.74 Å². The van der Waals surface area contributed by atoms with E-state index >= 15 is 0 Å². The van der Waals surface area contributed by atoms with Gasteiger partial charge in [0.05, 0.1) is 22.2 Å². The van der Waals surface area contributed by atoms with Crippen molar-refractivity contribution < 1.29 is 26.9 Å². The van der Waals surface area contributed by atoms with Gasteiger partial charge in [-0.15, -0.1) is 0 Å². The molecule has 0 unspecified atom stereocenters. The van der Waals surface area contributed by atoms with Crippen LogP contribution in [-0.2, 0) is 26.1 Å². The van der Waals surface area contributed by atoms with Crippen LogP contribution in [0.25, 0.3) is 0 Å². The van der Waals surface area contributed by atoms with Crippen molar-refractivity contribution in [2.75, 3.05) is 0 Å². The van der Waals surface area contributed by atoms with Gasteiger partial charge in [0.1, 0.15) is 5.60 Å². The van der Waals surface area contributed by atoms with E-state index in [1.165, 1.54) is 24.3 Å². The van der Waals surface area contributed by atoms with E-state index in [-0.39, 0.29) is 5.56 Å². The van der Waals surface area contributed by atoms with Crippen LogP contribution >= 0.6 is 0 Å². The van der Waals surface area contributed by atoms with Crippen LogP contribution in [0.2, 0.25) is 0 Å². The predicted octanol–water partition coefficient (Wildman–Crippen LogP) is 4.23. The van der Waals surface area contributed by atoms with E-state index in [9.17, 15) is 22.2 Å². The minimum atomic E-state index is -4.88. The van der Waals surface area contributed by atoms with Gasteiger partial charge in [-0.3, -0.25) is 4.79 Å². The summed E-state index contributed by atoms with van der Waals surface area (Å²) >= 11 is 0. The van der Waals surface area contributed by atoms with Gasteiger partial charge in [-0.1, -0.05) is 30.3 Å². The summed E-state index contributed by atoms with van der Waals surface area (Å²) in [5.74, 6) is -1.03. The Morgan fingerprint density at radius 2 is 1.54 bits per heavy atom. The van der Waals surface area contributed by atoms with Gasteiger partial charge in [0, 0.05) is 0 Å². The lowest BCUT2D eigenvalue weighted by molar-refractivity contribution is -0.205. The SMILES string of the molecule is CC(C)(C)OC(=O)C[C@](N[S@@](=O)C(C)(C)C)(c1ccccc1)C(F)(F)F. The second-order valence-corrected chi connectivity index (χ2v) is 9.98. The van der Waals surface area contributed by atoms with Crippen molar-refractivity contribution in [3.63, 3.8) is 0 Å². The molecule has 4 nitrogen and oxygen atoms in total. The fourth-order valence-corrected chi connectivity index (χ4v) is 3.08. The molecule has 0 aliphatic carbocycles. The van der Waals surface area contributed by atoms with Crippen LogP contribution in [0.4, 0.5) is 13.2 Å². The molecule has 26 heavy (non-hydrogen) atoms. The molecule has 1 aromatic carbocycles. The maximum atomic E-state index is 14.2. The lowest BCUT2D eigenvalue weighted by Crippen LogP contribution is -2.58. The molecular formula is C18H26F3NO3S. The number of carbonyl (C=O) groups excluding carboxylic acids is 1. The number of halogens is 3. The van der Waals surface area contributed by atoms with Crippen molar-refractivity contribution in [1.82, 2.24) is 4.72 Å². The highest BCUT2D eigenvalue weighted by molar-refractivity contribution is 7.84. The first-order valence-electron chi connectivity index (χ1n) is 8.12. The van der Waals surface area contributed by atoms with Gasteiger partial charge in [0.25, 0.3) is 0 Å². The summed E-state index contributed by atoms with van der Waals surface area (Å²) in [6, 6.07) is 6.95. The quantitative estimate of drug-likeness (QED) is 0.762. The Balaban J connectivity index is 3.46. The molecular weight excluding hydrogens is 367 g/mol. The molecule has 0 heterocycles. The average molecular weight is 393 g/mol. The molecule has 1 aromatic rings. The number of ether oxygens (including phenoxy) is 1. The van der Waals surface area contributed by atoms with Crippen molar-refractivity contribution in [3.05, 3.63) is 35.9 Å². The van der Waals surface area contributed by atoms with Crippen LogP contribution in [0.15, 0.2) is 30.3 Å². The Kier molecular flexibility index (Phi) is 6.69. The fraction of sp³-hybridized carbons (Fsp3) is 0.611. The van der Waals surface area contributed by atoms with Crippen molar-refractivity contribution >= 4 is 17.0 Å². The van der Waals surface area contributed by atoms with E-state index in [2.05, 4.69) is 4.72 Å². The monoisotopic (exact) mass is 393 g/mol. The first kappa shape index (κ1) is 22.6. The van der Waals surface area contributed by atoms with Gasteiger partial charge in [0.2, 0.25) is 0 Å². The number of hydrogen-bond acceptors (Lipinski definition) is 3. The summed E-state index contributed by atoms with van der Waals surface area (Å²) in [4.78, 5) is 12.3. The van der Waals surface area contributed by atoms with Crippen LogP contribution in [0.5, 0.6) is 0 Å². The van der Waals surface area contributed by atoms with E-state index in [1.54, 1.807) is 47.6 Å². The molecule has 0 bridgehead atoms. The van der Waals surface area contributed by atoms with Gasteiger partial charge in [-0.2, -0.15) is 13.2 Å². The molecule has 1 rings (SSSR count). The standard InChI is InChI=1S/C18H26F3NO3S/c1-15(2,3)25-14(23)12-17(18(19,20)21,13-10-8-7-9-11-13)22-26(24)16(4,5)6/h7-11,22H,12H2,1-6H3/t17-,26-/m0/s1. The van der Waals surface area contributed by atoms with Crippen LogP contribution < -0.4 is 4.72 Å². The third kappa shape index (κ3) is 5.81. The molecule has 1 N–H and O–H groups in total. The smallest absolute Gasteiger partial charge is 0.412 e. The summed E-state index contributed by atoms with van der Waals surface area (Å²) in [6.45, 7) is 9.37. The molecule has 0 saturated heterocycles. The van der Waals surface area contributed by atoms with Crippen LogP contribution in [0.1, 0.15) is 53.5 Å². The van der Waals surface area contributed by atoms with E-state index in [0.29, 0.717) is 0 Å². The first-order valence-corrected chi connectivity index (χ1v) is 9.27. The molecule has 8 heteroatoms. The third-order valence-corrected chi connectivity index (χ3v) is 5.05. The number of alkyl halides is 3. The van der Waals surface area contributed by atoms with Crippen LogP contribution in [-0.4, -0.2) is 26.7 Å². The lowest BCUT2D eigenvalue weighted by atomic mass is 9.87. The van der Waals surface area contributed by atoms with Gasteiger partial charge in [-0.05, 0) is 47.1 Å². The van der Waals surface area contributed by atoms with Crippen LogP contribution in [0.3, 0.4) is 0 Å². The van der Waals surface area contributed by atoms with Gasteiger partial charge in [-0.25, -0.2) is 8.93 Å². The third-order valence-electron chi connectivity index (χ3n) is 3.40. The summed E-state index contributed by atoms with van der Waals surface area (Å²) in [5.41, 5.74) is -3.96. The maximum absolute atomic E-state index is 14.2. The van der Waals surface area contributed by atoms with E-state index in [1.807, 2.05) is 0 Å². The fourth-order valence-electron chi connectivity index (χ4n) is 2.15. The highest BCUT2D eigenvalue weighted by Gasteiger charge is 2.59. The Morgan fingerprint density at radius 1 is 1.04 bits per heavy atom.